The van der Waals surface area contributed by atoms with Crippen LogP contribution in [0.5, 0.6) is 0 Å². The van der Waals surface area contributed by atoms with Crippen molar-refractivity contribution in [3.8, 4) is 0 Å². The quantitative estimate of drug-likeness (QED) is 0.206. The predicted octanol–water partition coefficient (Wildman–Crippen LogP) is 0.598. The van der Waals surface area contributed by atoms with Crippen molar-refractivity contribution >= 4 is 40.6 Å². The van der Waals surface area contributed by atoms with Crippen molar-refractivity contribution < 1.29 is 29.1 Å². The molecule has 2 heterocycles. The van der Waals surface area contributed by atoms with E-state index in [1.54, 1.807) is 54.6 Å². The van der Waals surface area contributed by atoms with Crippen LogP contribution in [0.2, 0.25) is 0 Å². The zero-order chi connectivity index (χ0) is 32.7. The van der Waals surface area contributed by atoms with Crippen molar-refractivity contribution in [1.29, 1.82) is 0 Å². The van der Waals surface area contributed by atoms with Gasteiger partial charge >= 0.3 is 0 Å². The van der Waals surface area contributed by atoms with Gasteiger partial charge in [0, 0.05) is 12.1 Å². The fourth-order valence-corrected chi connectivity index (χ4v) is 5.20. The molecule has 0 spiro atoms. The average molecular weight is 618 g/mol. The molecule has 1 saturated heterocycles. The molecule has 5 amide bonds. The molecule has 0 saturated carbocycles. The summed E-state index contributed by atoms with van der Waals surface area (Å²) in [4.78, 5) is 75.0. The molecule has 1 aromatic heterocycles. The van der Waals surface area contributed by atoms with E-state index in [-0.39, 0.29) is 24.6 Å². The molecule has 4 unspecified atom stereocenters. The Kier molecular flexibility index (Phi) is 10.4. The van der Waals surface area contributed by atoms with E-state index in [1.807, 2.05) is 20.8 Å². The molecule has 1 aliphatic rings. The summed E-state index contributed by atoms with van der Waals surface area (Å²) in [5.41, 5.74) is 6.54. The molecule has 3 aromatic rings. The predicted molar refractivity (Wildman–Crippen MR) is 165 cm³/mol. The summed E-state index contributed by atoms with van der Waals surface area (Å²) < 4.78 is 0. The second-order valence-electron chi connectivity index (χ2n) is 12.1. The molecular weight excluding hydrogens is 578 g/mol. The number of hydrogen-bond acceptors (Lipinski definition) is 8. The summed E-state index contributed by atoms with van der Waals surface area (Å²) in [6.45, 7) is 5.76. The number of nitrogens with zero attached hydrogens (tertiary/aromatic N) is 3. The van der Waals surface area contributed by atoms with Gasteiger partial charge in [-0.2, -0.15) is 0 Å². The van der Waals surface area contributed by atoms with Crippen LogP contribution in [0.15, 0.2) is 60.8 Å². The SMILES string of the molecule is CC(C)(C)NC(=O)C1CCCN1C(=O)C(O)C(Cc1ccccc1)NC(=O)C(CC(N)=O)NC(=O)c1cnc2ccccc2n1. The number of aromatic nitrogens is 2. The molecular formula is C32H39N7O6. The van der Waals surface area contributed by atoms with E-state index in [9.17, 15) is 29.1 Å². The first-order valence-corrected chi connectivity index (χ1v) is 14.8. The summed E-state index contributed by atoms with van der Waals surface area (Å²) in [5, 5.41) is 19.4. The first-order chi connectivity index (χ1) is 21.3. The lowest BCUT2D eigenvalue weighted by Crippen LogP contribution is -2.59. The number of hydrogen-bond donors (Lipinski definition) is 5. The average Bonchev–Trinajstić information content (AvgIpc) is 3.49. The highest BCUT2D eigenvalue weighted by Gasteiger charge is 2.41. The number of likely N-dealkylation sites (tertiary alicyclic amines) is 1. The molecule has 1 aliphatic heterocycles. The number of primary amides is 1. The third-order valence-electron chi connectivity index (χ3n) is 7.31. The normalized spacial score (nSPS) is 16.8. The number of para-hydroxylation sites is 2. The van der Waals surface area contributed by atoms with Crippen LogP contribution in [0.3, 0.4) is 0 Å². The number of fused-ring (bicyclic) bond motifs is 1. The Labute approximate surface area is 261 Å². The van der Waals surface area contributed by atoms with E-state index < -0.39 is 59.8 Å². The maximum absolute atomic E-state index is 13.6. The lowest BCUT2D eigenvalue weighted by atomic mass is 9.99. The van der Waals surface area contributed by atoms with Crippen LogP contribution < -0.4 is 21.7 Å². The van der Waals surface area contributed by atoms with Crippen LogP contribution in [0.1, 0.15) is 56.1 Å². The number of carbonyl (C=O) groups excluding carboxylic acids is 5. The number of carbonyl (C=O) groups is 5. The molecule has 6 N–H and O–H groups in total. The number of nitrogens with one attached hydrogen (secondary N) is 3. The van der Waals surface area contributed by atoms with Crippen molar-refractivity contribution in [1.82, 2.24) is 30.8 Å². The molecule has 13 nitrogen and oxygen atoms in total. The van der Waals surface area contributed by atoms with Gasteiger partial charge in [0.15, 0.2) is 6.10 Å². The first kappa shape index (κ1) is 33.0. The highest BCUT2D eigenvalue weighted by atomic mass is 16.3. The summed E-state index contributed by atoms with van der Waals surface area (Å²) in [7, 11) is 0. The van der Waals surface area contributed by atoms with Crippen LogP contribution in [-0.2, 0) is 25.6 Å². The van der Waals surface area contributed by atoms with Crippen LogP contribution in [0.4, 0.5) is 0 Å². The molecule has 2 aromatic carbocycles. The Hall–Kier alpha value is -4.91. The lowest BCUT2D eigenvalue weighted by molar-refractivity contribution is -0.147. The Morgan fingerprint density at radius 3 is 2.33 bits per heavy atom. The molecule has 0 radical (unpaired) electrons. The summed E-state index contributed by atoms with van der Waals surface area (Å²) in [5.74, 6) is -3.52. The molecule has 238 valence electrons. The van der Waals surface area contributed by atoms with Crippen molar-refractivity contribution in [2.24, 2.45) is 5.73 Å². The number of benzene rings is 2. The Balaban J connectivity index is 1.55. The zero-order valence-electron chi connectivity index (χ0n) is 25.5. The van der Waals surface area contributed by atoms with Crippen LogP contribution in [-0.4, -0.2) is 85.8 Å². The van der Waals surface area contributed by atoms with Gasteiger partial charge < -0.3 is 31.7 Å². The van der Waals surface area contributed by atoms with Gasteiger partial charge in [-0.15, -0.1) is 0 Å². The molecule has 1 fully saturated rings. The minimum absolute atomic E-state index is 0.0412. The highest BCUT2D eigenvalue weighted by Crippen LogP contribution is 2.21. The maximum atomic E-state index is 13.6. The molecule has 13 heteroatoms. The van der Waals surface area contributed by atoms with Gasteiger partial charge in [-0.1, -0.05) is 42.5 Å². The van der Waals surface area contributed by atoms with Gasteiger partial charge in [0.2, 0.25) is 17.7 Å². The zero-order valence-corrected chi connectivity index (χ0v) is 25.5. The van der Waals surface area contributed by atoms with E-state index >= 15 is 0 Å². The van der Waals surface area contributed by atoms with Gasteiger partial charge in [0.25, 0.3) is 11.8 Å². The van der Waals surface area contributed by atoms with Crippen molar-refractivity contribution in [2.75, 3.05) is 6.54 Å². The van der Waals surface area contributed by atoms with Gasteiger partial charge in [-0.3, -0.25) is 29.0 Å². The van der Waals surface area contributed by atoms with E-state index in [1.165, 1.54) is 11.1 Å². The molecule has 0 aliphatic carbocycles. The lowest BCUT2D eigenvalue weighted by Gasteiger charge is -2.32. The molecule has 0 bridgehead atoms. The van der Waals surface area contributed by atoms with Crippen molar-refractivity contribution in [3.63, 3.8) is 0 Å². The van der Waals surface area contributed by atoms with Gasteiger partial charge in [-0.05, 0) is 57.7 Å². The molecule has 45 heavy (non-hydrogen) atoms. The van der Waals surface area contributed by atoms with Gasteiger partial charge in [-0.25, -0.2) is 4.98 Å². The topological polar surface area (TPSA) is 197 Å². The Morgan fingerprint density at radius 1 is 1.00 bits per heavy atom. The second kappa shape index (κ2) is 14.2. The summed E-state index contributed by atoms with van der Waals surface area (Å²) in [6.07, 6.45) is -0.00358. The van der Waals surface area contributed by atoms with E-state index in [0.29, 0.717) is 29.4 Å². The van der Waals surface area contributed by atoms with Crippen molar-refractivity contribution in [2.45, 2.75) is 76.2 Å². The molecule has 4 rings (SSSR count). The minimum atomic E-state index is -1.74. The number of amides is 5. The number of rotatable bonds is 11. The van der Waals surface area contributed by atoms with E-state index in [0.717, 1.165) is 0 Å². The van der Waals surface area contributed by atoms with Gasteiger partial charge in [0.05, 0.1) is 29.7 Å². The smallest absolute Gasteiger partial charge is 0.272 e. The highest BCUT2D eigenvalue weighted by molar-refractivity contribution is 5.98. The first-order valence-electron chi connectivity index (χ1n) is 14.8. The van der Waals surface area contributed by atoms with Crippen LogP contribution in [0, 0.1) is 0 Å². The monoisotopic (exact) mass is 617 g/mol. The van der Waals surface area contributed by atoms with E-state index in [2.05, 4.69) is 25.9 Å². The number of aliphatic hydroxyl groups is 1. The molecule has 4 atom stereocenters. The fraction of sp³-hybridized carbons (Fsp3) is 0.406. The van der Waals surface area contributed by atoms with E-state index in [4.69, 9.17) is 5.73 Å². The maximum Gasteiger partial charge on any atom is 0.272 e. The Morgan fingerprint density at radius 2 is 1.67 bits per heavy atom. The van der Waals surface area contributed by atoms with Crippen LogP contribution in [0.25, 0.3) is 11.0 Å². The Bertz CT molecular complexity index is 1560. The largest absolute Gasteiger partial charge is 0.381 e. The number of aliphatic hydroxyl groups excluding tert-OH is 1. The second-order valence-corrected chi connectivity index (χ2v) is 12.1. The van der Waals surface area contributed by atoms with Crippen molar-refractivity contribution in [3.05, 3.63) is 72.1 Å². The number of nitrogens with two attached hydrogens (primary N) is 1. The third-order valence-corrected chi connectivity index (χ3v) is 7.31. The van der Waals surface area contributed by atoms with Crippen LogP contribution >= 0.6 is 0 Å². The summed E-state index contributed by atoms with van der Waals surface area (Å²) >= 11 is 0. The van der Waals surface area contributed by atoms with Gasteiger partial charge in [0.1, 0.15) is 17.8 Å². The standard InChI is InChI=1S/C32H39N7O6/c1-32(2,3)38-30(44)25-14-9-15-39(25)31(45)27(41)22(16-19-10-5-4-6-11-19)36-28(42)23(17-26(33)40)37-29(43)24-18-34-20-12-7-8-13-21(20)35-24/h4-8,10-13,18,22-23,25,27,41H,9,14-17H2,1-3H3,(H2,33,40)(H,36,42)(H,37,43)(H,38,44). The third kappa shape index (κ3) is 8.82. The fourth-order valence-electron chi connectivity index (χ4n) is 5.20. The summed E-state index contributed by atoms with van der Waals surface area (Å²) in [6, 6.07) is 12.4. The minimum Gasteiger partial charge on any atom is -0.381 e.